The summed E-state index contributed by atoms with van der Waals surface area (Å²) in [6.45, 7) is 4.17. The first-order valence-electron chi connectivity index (χ1n) is 12.6. The third-order valence-electron chi connectivity index (χ3n) is 11.5. The zero-order valence-corrected chi connectivity index (χ0v) is 20.2. The van der Waals surface area contributed by atoms with Gasteiger partial charge in [0.15, 0.2) is 0 Å². The van der Waals surface area contributed by atoms with E-state index in [1.54, 1.807) is 14.2 Å². The van der Waals surface area contributed by atoms with E-state index in [1.165, 1.54) is 0 Å². The molecule has 6 rings (SSSR count). The number of hydrogen-bond donors (Lipinski definition) is 2. The Morgan fingerprint density at radius 1 is 1.00 bits per heavy atom. The number of ether oxygens (including phenoxy) is 4. The molecule has 0 amide bonds. The molecule has 1 saturated heterocycles. The van der Waals surface area contributed by atoms with Gasteiger partial charge >= 0.3 is 0 Å². The van der Waals surface area contributed by atoms with Crippen molar-refractivity contribution in [1.29, 1.82) is 0 Å². The predicted octanol–water partition coefficient (Wildman–Crippen LogP) is 1.16. The first kappa shape index (κ1) is 22.2. The minimum atomic E-state index is -0.912. The Hall–Kier alpha value is -0.280. The Morgan fingerprint density at radius 2 is 1.75 bits per heavy atom. The lowest BCUT2D eigenvalue weighted by atomic mass is 9.43. The van der Waals surface area contributed by atoms with Crippen molar-refractivity contribution >= 4 is 0 Å². The number of nitrogens with zero attached hydrogens (tertiary/aromatic N) is 1. The van der Waals surface area contributed by atoms with Crippen molar-refractivity contribution in [3.05, 3.63) is 0 Å². The third kappa shape index (κ3) is 2.15. The molecular weight excluding hydrogens is 410 g/mol. The molecule has 1 aliphatic heterocycles. The van der Waals surface area contributed by atoms with Crippen LogP contribution in [-0.4, -0.2) is 99.3 Å². The van der Waals surface area contributed by atoms with E-state index >= 15 is 0 Å². The number of likely N-dealkylation sites (tertiary alicyclic amines) is 1. The summed E-state index contributed by atoms with van der Waals surface area (Å²) in [6, 6.07) is 0.186. The van der Waals surface area contributed by atoms with Crippen LogP contribution in [0.3, 0.4) is 0 Å². The van der Waals surface area contributed by atoms with Gasteiger partial charge in [-0.2, -0.15) is 0 Å². The van der Waals surface area contributed by atoms with Gasteiger partial charge in [-0.3, -0.25) is 4.90 Å². The van der Waals surface area contributed by atoms with Gasteiger partial charge in [-0.05, 0) is 31.7 Å². The second-order valence-corrected chi connectivity index (χ2v) is 11.7. The van der Waals surface area contributed by atoms with Crippen LogP contribution in [0, 0.1) is 40.4 Å². The summed E-state index contributed by atoms with van der Waals surface area (Å²) in [6.07, 6.45) is 3.49. The molecule has 7 heteroatoms. The van der Waals surface area contributed by atoms with Crippen molar-refractivity contribution < 1.29 is 29.2 Å². The lowest BCUT2D eigenvalue weighted by molar-refractivity contribution is -0.277. The molecule has 0 radical (unpaired) electrons. The van der Waals surface area contributed by atoms with Crippen LogP contribution in [0.4, 0.5) is 0 Å². The monoisotopic (exact) mass is 451 g/mol. The first-order chi connectivity index (χ1) is 15.4. The number of fused-ring (bicyclic) bond motifs is 2. The van der Waals surface area contributed by atoms with Gasteiger partial charge in [0.25, 0.3) is 0 Å². The Kier molecular flexibility index (Phi) is 4.94. The van der Waals surface area contributed by atoms with Crippen molar-refractivity contribution in [1.82, 2.24) is 4.90 Å². The Labute approximate surface area is 191 Å². The number of methoxy groups -OCH3 is 4. The van der Waals surface area contributed by atoms with Crippen LogP contribution >= 0.6 is 0 Å². The fourth-order valence-corrected chi connectivity index (χ4v) is 11.0. The average molecular weight is 452 g/mol. The van der Waals surface area contributed by atoms with E-state index in [-0.39, 0.29) is 77.5 Å². The minimum absolute atomic E-state index is 0.0124. The van der Waals surface area contributed by atoms with Gasteiger partial charge < -0.3 is 29.2 Å². The van der Waals surface area contributed by atoms with E-state index in [0.29, 0.717) is 6.42 Å². The summed E-state index contributed by atoms with van der Waals surface area (Å²) in [5, 5.41) is 23.6. The highest BCUT2D eigenvalue weighted by molar-refractivity contribution is 5.35. The second-order valence-electron chi connectivity index (χ2n) is 11.7. The number of aliphatic hydroxyl groups excluding tert-OH is 1. The van der Waals surface area contributed by atoms with Gasteiger partial charge in [0.1, 0.15) is 0 Å². The molecule has 6 aliphatic rings. The highest BCUT2D eigenvalue weighted by atomic mass is 16.5. The molecule has 6 fully saturated rings. The molecule has 5 saturated carbocycles. The van der Waals surface area contributed by atoms with E-state index in [0.717, 1.165) is 32.4 Å². The van der Waals surface area contributed by atoms with Crippen LogP contribution in [0.15, 0.2) is 0 Å². The summed E-state index contributed by atoms with van der Waals surface area (Å²) in [7, 11) is 7.24. The molecule has 0 unspecified atom stereocenters. The molecule has 5 aliphatic carbocycles. The maximum absolute atomic E-state index is 12.7. The summed E-state index contributed by atoms with van der Waals surface area (Å²) in [5.74, 6) is 0.737. The molecule has 0 aromatic heterocycles. The molecule has 1 heterocycles. The first-order valence-corrected chi connectivity index (χ1v) is 12.6. The highest BCUT2D eigenvalue weighted by Gasteiger charge is 2.86. The Bertz CT molecular complexity index is 767. The van der Waals surface area contributed by atoms with Crippen LogP contribution in [0.2, 0.25) is 0 Å². The van der Waals surface area contributed by atoms with Crippen molar-refractivity contribution in [2.24, 2.45) is 40.4 Å². The Morgan fingerprint density at radius 3 is 2.34 bits per heavy atom. The molecule has 182 valence electrons. The highest BCUT2D eigenvalue weighted by Crippen LogP contribution is 2.79. The lowest BCUT2D eigenvalue weighted by Gasteiger charge is -2.69. The normalized spacial score (nSPS) is 60.1. The molecular formula is C25H41NO6. The predicted molar refractivity (Wildman–Crippen MR) is 117 cm³/mol. The molecule has 7 nitrogen and oxygen atoms in total. The molecule has 0 aromatic rings. The topological polar surface area (TPSA) is 80.6 Å². The van der Waals surface area contributed by atoms with Gasteiger partial charge in [-0.1, -0.05) is 6.92 Å². The van der Waals surface area contributed by atoms with E-state index in [2.05, 4.69) is 11.8 Å². The molecule has 1 spiro atoms. The standard InChI is InChI=1S/C25H41NO6/c1-6-26-11-23(12-27)8-7-16(30-3)25-14-9-13-15(29-2)10-24(28,17(14)19(13)31-4)18(22(25)26)20(32-5)21(23)25/h13-22,27-28H,6-12H2,1-5H3/t13-,14-,15+,16+,17-,18+,19+,20-,21-,22-,23+,24-,25+/m1/s1. The number of hydrogen-bond acceptors (Lipinski definition) is 7. The molecule has 13 atom stereocenters. The maximum atomic E-state index is 12.7. The van der Waals surface area contributed by atoms with Crippen molar-refractivity contribution in [2.75, 3.05) is 48.1 Å². The van der Waals surface area contributed by atoms with Gasteiger partial charge in [-0.25, -0.2) is 0 Å². The summed E-state index contributed by atoms with van der Waals surface area (Å²) in [4.78, 5) is 2.57. The van der Waals surface area contributed by atoms with Crippen molar-refractivity contribution in [3.63, 3.8) is 0 Å². The van der Waals surface area contributed by atoms with Gasteiger partial charge in [0.2, 0.25) is 0 Å². The third-order valence-corrected chi connectivity index (χ3v) is 11.5. The molecule has 0 aromatic carbocycles. The van der Waals surface area contributed by atoms with Gasteiger partial charge in [0, 0.05) is 81.9 Å². The molecule has 32 heavy (non-hydrogen) atoms. The number of piperidine rings is 1. The lowest BCUT2D eigenvalue weighted by Crippen LogP contribution is -2.76. The zero-order chi connectivity index (χ0) is 22.6. The quantitative estimate of drug-likeness (QED) is 0.627. The van der Waals surface area contributed by atoms with Crippen LogP contribution in [0.5, 0.6) is 0 Å². The van der Waals surface area contributed by atoms with Crippen molar-refractivity contribution in [2.45, 2.75) is 68.7 Å². The summed E-state index contributed by atoms with van der Waals surface area (Å²) < 4.78 is 24.9. The number of aliphatic hydroxyl groups is 2. The van der Waals surface area contributed by atoms with Crippen LogP contribution in [-0.2, 0) is 18.9 Å². The SMILES string of the molecule is CCN1C[C@]2(CO)CC[C@H](OC)[C@@]34[C@@H]5C[C@H]6[C@H](OC)[C@@H]5[C@](O)(C[C@@H]6OC)[C@@H]([C@@H](OC)[C@H]23)[C@@H]14. The summed E-state index contributed by atoms with van der Waals surface area (Å²) >= 11 is 0. The summed E-state index contributed by atoms with van der Waals surface area (Å²) in [5.41, 5.74) is -1.28. The molecule has 2 N–H and O–H groups in total. The fourth-order valence-electron chi connectivity index (χ4n) is 11.0. The smallest absolute Gasteiger partial charge is 0.0796 e. The van der Waals surface area contributed by atoms with Gasteiger partial charge in [-0.15, -0.1) is 0 Å². The fraction of sp³-hybridized carbons (Fsp3) is 1.00. The van der Waals surface area contributed by atoms with Crippen LogP contribution in [0.25, 0.3) is 0 Å². The average Bonchev–Trinajstić information content (AvgIpc) is 3.26. The zero-order valence-electron chi connectivity index (χ0n) is 20.2. The van der Waals surface area contributed by atoms with E-state index < -0.39 is 5.60 Å². The minimum Gasteiger partial charge on any atom is -0.396 e. The largest absolute Gasteiger partial charge is 0.396 e. The number of rotatable bonds is 6. The van der Waals surface area contributed by atoms with E-state index in [4.69, 9.17) is 18.9 Å². The van der Waals surface area contributed by atoms with Crippen LogP contribution in [0.1, 0.15) is 32.6 Å². The molecule has 7 bridgehead atoms. The maximum Gasteiger partial charge on any atom is 0.0796 e. The van der Waals surface area contributed by atoms with E-state index in [1.807, 2.05) is 14.2 Å². The van der Waals surface area contributed by atoms with Crippen molar-refractivity contribution in [3.8, 4) is 0 Å². The second kappa shape index (κ2) is 7.12. The van der Waals surface area contributed by atoms with E-state index in [9.17, 15) is 10.2 Å². The Balaban J connectivity index is 1.64. The van der Waals surface area contributed by atoms with Crippen LogP contribution < -0.4 is 0 Å². The van der Waals surface area contributed by atoms with Gasteiger partial charge in [0.05, 0.1) is 36.6 Å².